The lowest BCUT2D eigenvalue weighted by atomic mass is 9.69. The maximum atomic E-state index is 6.02. The van der Waals surface area contributed by atoms with Gasteiger partial charge in [0, 0.05) is 37.7 Å². The fourth-order valence-electron chi connectivity index (χ4n) is 3.77. The third-order valence-electron chi connectivity index (χ3n) is 5.22. The molecule has 22 heavy (non-hydrogen) atoms. The summed E-state index contributed by atoms with van der Waals surface area (Å²) in [6.07, 6.45) is 4.89. The number of nitrogens with zero attached hydrogens (tertiary/aromatic N) is 1. The molecule has 0 saturated carbocycles. The van der Waals surface area contributed by atoms with Gasteiger partial charge in [-0.05, 0) is 41.9 Å². The number of halogens is 1. The zero-order chi connectivity index (χ0) is 15.6. The first kappa shape index (κ1) is 16.0. The summed E-state index contributed by atoms with van der Waals surface area (Å²) in [5.41, 5.74) is 3.34. The fourth-order valence-corrected chi connectivity index (χ4v) is 3.89. The second kappa shape index (κ2) is 6.74. The molecule has 0 spiro atoms. The molecule has 3 heteroatoms. The Kier molecular flexibility index (Phi) is 4.91. The van der Waals surface area contributed by atoms with Gasteiger partial charge in [0.2, 0.25) is 0 Å². The summed E-state index contributed by atoms with van der Waals surface area (Å²) in [5, 5.41) is 4.26. The SMILES string of the molecule is CC1(C)CC(c2ccc(Cl)cc2)CC=C1CN1CCNCC1. The van der Waals surface area contributed by atoms with Crippen LogP contribution >= 0.6 is 11.6 Å². The Morgan fingerprint density at radius 3 is 2.50 bits per heavy atom. The van der Waals surface area contributed by atoms with Crippen molar-refractivity contribution in [2.45, 2.75) is 32.6 Å². The molecule has 3 rings (SSSR count). The van der Waals surface area contributed by atoms with Crippen molar-refractivity contribution < 1.29 is 0 Å². The number of piperazine rings is 1. The zero-order valence-corrected chi connectivity index (χ0v) is 14.5. The second-order valence-corrected chi connectivity index (χ2v) is 7.76. The molecule has 1 aromatic carbocycles. The van der Waals surface area contributed by atoms with Crippen molar-refractivity contribution in [1.82, 2.24) is 10.2 Å². The largest absolute Gasteiger partial charge is 0.314 e. The van der Waals surface area contributed by atoms with E-state index in [9.17, 15) is 0 Å². The van der Waals surface area contributed by atoms with Gasteiger partial charge in [0.05, 0.1) is 0 Å². The standard InChI is InChI=1S/C19H27ClN2/c1-19(2)13-16(15-4-7-18(20)8-5-15)3-6-17(19)14-22-11-9-21-10-12-22/h4-8,16,21H,3,9-14H2,1-2H3. The average Bonchev–Trinajstić information content (AvgIpc) is 2.51. The van der Waals surface area contributed by atoms with Gasteiger partial charge in [0.1, 0.15) is 0 Å². The smallest absolute Gasteiger partial charge is 0.0406 e. The third-order valence-corrected chi connectivity index (χ3v) is 5.47. The van der Waals surface area contributed by atoms with Crippen molar-refractivity contribution in [1.29, 1.82) is 0 Å². The first-order chi connectivity index (χ1) is 10.5. The summed E-state index contributed by atoms with van der Waals surface area (Å²) in [4.78, 5) is 2.59. The van der Waals surface area contributed by atoms with E-state index in [1.807, 2.05) is 12.1 Å². The van der Waals surface area contributed by atoms with Crippen LogP contribution in [0.3, 0.4) is 0 Å². The van der Waals surface area contributed by atoms with E-state index in [1.54, 1.807) is 5.57 Å². The summed E-state index contributed by atoms with van der Waals surface area (Å²) in [6, 6.07) is 8.42. The molecule has 1 unspecified atom stereocenters. The lowest BCUT2D eigenvalue weighted by molar-refractivity contribution is 0.230. The number of nitrogens with one attached hydrogen (secondary N) is 1. The highest BCUT2D eigenvalue weighted by atomic mass is 35.5. The normalized spacial score (nSPS) is 25.8. The molecule has 120 valence electrons. The van der Waals surface area contributed by atoms with Gasteiger partial charge in [0.15, 0.2) is 0 Å². The van der Waals surface area contributed by atoms with Gasteiger partial charge in [-0.25, -0.2) is 0 Å². The highest BCUT2D eigenvalue weighted by Crippen LogP contribution is 2.44. The van der Waals surface area contributed by atoms with Crippen LogP contribution in [0, 0.1) is 5.41 Å². The van der Waals surface area contributed by atoms with Gasteiger partial charge in [-0.3, -0.25) is 4.90 Å². The summed E-state index contributed by atoms with van der Waals surface area (Å²) in [6.45, 7) is 10.6. The fraction of sp³-hybridized carbons (Fsp3) is 0.579. The number of hydrogen-bond donors (Lipinski definition) is 1. The first-order valence-corrected chi connectivity index (χ1v) is 8.80. The lowest BCUT2D eigenvalue weighted by Gasteiger charge is -2.40. The molecular weight excluding hydrogens is 292 g/mol. The van der Waals surface area contributed by atoms with Crippen LogP contribution in [0.2, 0.25) is 5.02 Å². The Morgan fingerprint density at radius 1 is 1.18 bits per heavy atom. The maximum absolute atomic E-state index is 6.02. The zero-order valence-electron chi connectivity index (χ0n) is 13.7. The number of allylic oxidation sites excluding steroid dienone is 1. The first-order valence-electron chi connectivity index (χ1n) is 8.43. The highest BCUT2D eigenvalue weighted by molar-refractivity contribution is 6.30. The molecule has 1 fully saturated rings. The summed E-state index contributed by atoms with van der Waals surface area (Å²) >= 11 is 6.02. The Balaban J connectivity index is 1.70. The molecule has 2 aliphatic rings. The molecule has 2 nitrogen and oxygen atoms in total. The van der Waals surface area contributed by atoms with Crippen LogP contribution in [0.1, 0.15) is 38.2 Å². The predicted molar refractivity (Wildman–Crippen MR) is 94.6 cm³/mol. The van der Waals surface area contributed by atoms with Crippen LogP contribution in [-0.4, -0.2) is 37.6 Å². The number of benzene rings is 1. The van der Waals surface area contributed by atoms with Crippen LogP contribution in [0.15, 0.2) is 35.9 Å². The molecule has 1 saturated heterocycles. The van der Waals surface area contributed by atoms with Crippen molar-refractivity contribution in [3.8, 4) is 0 Å². The maximum Gasteiger partial charge on any atom is 0.0406 e. The Bertz CT molecular complexity index is 527. The minimum absolute atomic E-state index is 0.285. The van der Waals surface area contributed by atoms with E-state index < -0.39 is 0 Å². The van der Waals surface area contributed by atoms with Gasteiger partial charge >= 0.3 is 0 Å². The quantitative estimate of drug-likeness (QED) is 0.845. The minimum atomic E-state index is 0.285. The van der Waals surface area contributed by atoms with Gasteiger partial charge in [-0.1, -0.05) is 49.2 Å². The Labute approximate surface area is 139 Å². The summed E-state index contributed by atoms with van der Waals surface area (Å²) < 4.78 is 0. The number of hydrogen-bond acceptors (Lipinski definition) is 2. The molecule has 0 aromatic heterocycles. The van der Waals surface area contributed by atoms with Crippen molar-refractivity contribution in [3.63, 3.8) is 0 Å². The highest BCUT2D eigenvalue weighted by Gasteiger charge is 2.32. The molecule has 1 N–H and O–H groups in total. The lowest BCUT2D eigenvalue weighted by Crippen LogP contribution is -2.45. The van der Waals surface area contributed by atoms with Crippen molar-refractivity contribution in [3.05, 3.63) is 46.5 Å². The van der Waals surface area contributed by atoms with Gasteiger partial charge < -0.3 is 5.32 Å². The van der Waals surface area contributed by atoms with Gasteiger partial charge in [-0.15, -0.1) is 0 Å². The van der Waals surface area contributed by atoms with E-state index in [-0.39, 0.29) is 5.41 Å². The second-order valence-electron chi connectivity index (χ2n) is 7.33. The van der Waals surface area contributed by atoms with Crippen LogP contribution in [0.4, 0.5) is 0 Å². The van der Waals surface area contributed by atoms with E-state index in [2.05, 4.69) is 42.3 Å². The van der Waals surface area contributed by atoms with Gasteiger partial charge in [0.25, 0.3) is 0 Å². The van der Waals surface area contributed by atoms with Crippen LogP contribution < -0.4 is 5.32 Å². The van der Waals surface area contributed by atoms with Crippen LogP contribution in [0.5, 0.6) is 0 Å². The Hall–Kier alpha value is -0.830. The molecular formula is C19H27ClN2. The van der Waals surface area contributed by atoms with E-state index in [0.717, 1.165) is 31.1 Å². The van der Waals surface area contributed by atoms with E-state index in [1.165, 1.54) is 25.1 Å². The molecule has 1 atom stereocenters. The molecule has 0 bridgehead atoms. The van der Waals surface area contributed by atoms with Crippen molar-refractivity contribution >= 4 is 11.6 Å². The molecule has 0 amide bonds. The molecule has 0 radical (unpaired) electrons. The van der Waals surface area contributed by atoms with Gasteiger partial charge in [-0.2, -0.15) is 0 Å². The van der Waals surface area contributed by atoms with Crippen molar-refractivity contribution in [2.75, 3.05) is 32.7 Å². The number of rotatable bonds is 3. The monoisotopic (exact) mass is 318 g/mol. The van der Waals surface area contributed by atoms with Crippen LogP contribution in [0.25, 0.3) is 0 Å². The van der Waals surface area contributed by atoms with E-state index in [0.29, 0.717) is 5.92 Å². The van der Waals surface area contributed by atoms with E-state index in [4.69, 9.17) is 11.6 Å². The van der Waals surface area contributed by atoms with Crippen molar-refractivity contribution in [2.24, 2.45) is 5.41 Å². The minimum Gasteiger partial charge on any atom is -0.314 e. The topological polar surface area (TPSA) is 15.3 Å². The Morgan fingerprint density at radius 2 is 1.86 bits per heavy atom. The van der Waals surface area contributed by atoms with E-state index >= 15 is 0 Å². The molecule has 1 aliphatic carbocycles. The van der Waals surface area contributed by atoms with Crippen LogP contribution in [-0.2, 0) is 0 Å². The summed E-state index contributed by atoms with van der Waals surface area (Å²) in [5.74, 6) is 0.624. The molecule has 1 heterocycles. The third kappa shape index (κ3) is 3.73. The molecule has 1 aliphatic heterocycles. The summed E-state index contributed by atoms with van der Waals surface area (Å²) in [7, 11) is 0. The average molecular weight is 319 g/mol. The molecule has 1 aromatic rings. The predicted octanol–water partition coefficient (Wildman–Crippen LogP) is 4.08.